The minimum atomic E-state index is -0.372. The second-order valence-electron chi connectivity index (χ2n) is 3.99. The summed E-state index contributed by atoms with van der Waals surface area (Å²) in [6, 6.07) is 5.04. The van der Waals surface area contributed by atoms with Crippen LogP contribution in [0.5, 0.6) is 0 Å². The van der Waals surface area contributed by atoms with Gasteiger partial charge in [0.25, 0.3) is 5.91 Å². The smallest absolute Gasteiger partial charge is 0.278 e. The van der Waals surface area contributed by atoms with Gasteiger partial charge in [0.1, 0.15) is 0 Å². The largest absolute Gasteiger partial charge is 0.295 e. The molecular formula is C12H11N7OS2. The van der Waals surface area contributed by atoms with E-state index in [0.717, 1.165) is 10.1 Å². The molecule has 3 rings (SSSR count). The van der Waals surface area contributed by atoms with Crippen LogP contribution in [0.25, 0.3) is 5.82 Å². The molecule has 10 heteroatoms. The maximum Gasteiger partial charge on any atom is 0.278 e. The summed E-state index contributed by atoms with van der Waals surface area (Å²) in [4.78, 5) is 12.1. The third kappa shape index (κ3) is 3.28. The Kier molecular flexibility index (Phi) is 4.39. The van der Waals surface area contributed by atoms with Gasteiger partial charge >= 0.3 is 0 Å². The maximum atomic E-state index is 12.1. The summed E-state index contributed by atoms with van der Waals surface area (Å²) in [6.07, 6.45) is 3.39. The molecule has 22 heavy (non-hydrogen) atoms. The molecule has 0 fully saturated rings. The first-order valence-electron chi connectivity index (χ1n) is 6.37. The van der Waals surface area contributed by atoms with Crippen LogP contribution in [0.4, 0.5) is 5.13 Å². The zero-order valence-corrected chi connectivity index (χ0v) is 13.1. The van der Waals surface area contributed by atoms with E-state index < -0.39 is 0 Å². The highest BCUT2D eigenvalue weighted by molar-refractivity contribution is 8.01. The summed E-state index contributed by atoms with van der Waals surface area (Å²) >= 11 is 2.90. The SMILES string of the molecule is CCSc1nnc(NC(=O)c2ccc(-n3cccn3)nn2)s1. The van der Waals surface area contributed by atoms with Gasteiger partial charge in [-0.3, -0.25) is 10.1 Å². The maximum absolute atomic E-state index is 12.1. The topological polar surface area (TPSA) is 98.5 Å². The number of carbonyl (C=O) groups excluding carboxylic acids is 1. The Hall–Kier alpha value is -2.33. The molecule has 0 aromatic carbocycles. The first-order chi connectivity index (χ1) is 10.8. The van der Waals surface area contributed by atoms with Crippen LogP contribution >= 0.6 is 23.1 Å². The standard InChI is InChI=1S/C12H11N7OS2/c1-2-21-12-18-17-11(22-12)14-10(20)8-4-5-9(16-15-8)19-7-3-6-13-19/h3-7H,2H2,1H3,(H,14,17,20). The Labute approximate surface area is 134 Å². The Morgan fingerprint density at radius 3 is 2.91 bits per heavy atom. The molecule has 112 valence electrons. The van der Waals surface area contributed by atoms with E-state index in [1.54, 1.807) is 47.0 Å². The van der Waals surface area contributed by atoms with Crippen molar-refractivity contribution < 1.29 is 4.79 Å². The summed E-state index contributed by atoms with van der Waals surface area (Å²) < 4.78 is 2.38. The molecule has 0 aliphatic heterocycles. The van der Waals surface area contributed by atoms with Crippen molar-refractivity contribution in [3.63, 3.8) is 0 Å². The summed E-state index contributed by atoms with van der Waals surface area (Å²) in [5, 5.41) is 22.9. The number of aromatic nitrogens is 6. The van der Waals surface area contributed by atoms with Gasteiger partial charge in [-0.2, -0.15) is 5.10 Å². The second-order valence-corrected chi connectivity index (χ2v) is 6.48. The number of nitrogens with zero attached hydrogens (tertiary/aromatic N) is 6. The Bertz CT molecular complexity index is 754. The summed E-state index contributed by atoms with van der Waals surface area (Å²) in [7, 11) is 0. The fourth-order valence-corrected chi connectivity index (χ4v) is 3.22. The van der Waals surface area contributed by atoms with E-state index in [1.165, 1.54) is 11.3 Å². The van der Waals surface area contributed by atoms with Gasteiger partial charge < -0.3 is 0 Å². The normalized spacial score (nSPS) is 10.6. The lowest BCUT2D eigenvalue weighted by atomic mass is 10.3. The average Bonchev–Trinajstić information content (AvgIpc) is 3.20. The molecule has 3 aromatic heterocycles. The molecule has 1 N–H and O–H groups in total. The lowest BCUT2D eigenvalue weighted by Gasteiger charge is -2.01. The number of rotatable bonds is 5. The minimum Gasteiger partial charge on any atom is -0.295 e. The van der Waals surface area contributed by atoms with Crippen LogP contribution in [0, 0.1) is 0 Å². The highest BCUT2D eigenvalue weighted by Gasteiger charge is 2.12. The number of hydrogen-bond donors (Lipinski definition) is 1. The number of carbonyl (C=O) groups is 1. The Balaban J connectivity index is 1.69. The molecular weight excluding hydrogens is 322 g/mol. The van der Waals surface area contributed by atoms with Crippen molar-refractivity contribution in [2.45, 2.75) is 11.3 Å². The van der Waals surface area contributed by atoms with Gasteiger partial charge in [-0.15, -0.1) is 20.4 Å². The second kappa shape index (κ2) is 6.62. The molecule has 0 bridgehead atoms. The molecule has 0 spiro atoms. The quantitative estimate of drug-likeness (QED) is 0.562. The molecule has 0 atom stereocenters. The molecule has 0 radical (unpaired) electrons. The van der Waals surface area contributed by atoms with E-state index in [-0.39, 0.29) is 11.6 Å². The number of thioether (sulfide) groups is 1. The first-order valence-corrected chi connectivity index (χ1v) is 8.18. The highest BCUT2D eigenvalue weighted by atomic mass is 32.2. The molecule has 3 heterocycles. The average molecular weight is 333 g/mol. The fraction of sp³-hybridized carbons (Fsp3) is 0.167. The van der Waals surface area contributed by atoms with Crippen molar-refractivity contribution in [2.24, 2.45) is 0 Å². The van der Waals surface area contributed by atoms with Crippen LogP contribution in [0.2, 0.25) is 0 Å². The van der Waals surface area contributed by atoms with Gasteiger partial charge in [-0.05, 0) is 24.0 Å². The van der Waals surface area contributed by atoms with E-state index in [4.69, 9.17) is 0 Å². The van der Waals surface area contributed by atoms with Crippen LogP contribution < -0.4 is 5.32 Å². The van der Waals surface area contributed by atoms with Crippen molar-refractivity contribution in [3.05, 3.63) is 36.3 Å². The molecule has 3 aromatic rings. The van der Waals surface area contributed by atoms with Gasteiger partial charge in [-0.25, -0.2) is 4.68 Å². The zero-order chi connectivity index (χ0) is 15.4. The van der Waals surface area contributed by atoms with Crippen molar-refractivity contribution in [2.75, 3.05) is 11.1 Å². The predicted molar refractivity (Wildman–Crippen MR) is 83.4 cm³/mol. The monoisotopic (exact) mass is 333 g/mol. The van der Waals surface area contributed by atoms with E-state index in [2.05, 4.69) is 30.8 Å². The number of anilines is 1. The van der Waals surface area contributed by atoms with Gasteiger partial charge in [-0.1, -0.05) is 30.0 Å². The lowest BCUT2D eigenvalue weighted by Crippen LogP contribution is -2.15. The number of amides is 1. The van der Waals surface area contributed by atoms with Crippen molar-refractivity contribution in [1.82, 2.24) is 30.2 Å². The lowest BCUT2D eigenvalue weighted by molar-refractivity contribution is 0.102. The Morgan fingerprint density at radius 1 is 1.32 bits per heavy atom. The zero-order valence-electron chi connectivity index (χ0n) is 11.5. The number of nitrogens with one attached hydrogen (secondary N) is 1. The molecule has 8 nitrogen and oxygen atoms in total. The summed E-state index contributed by atoms with van der Waals surface area (Å²) in [5.74, 6) is 1.07. The van der Waals surface area contributed by atoms with Crippen LogP contribution in [0.3, 0.4) is 0 Å². The first kappa shape index (κ1) is 14.6. The fourth-order valence-electron chi connectivity index (χ4n) is 1.58. The van der Waals surface area contributed by atoms with Crippen molar-refractivity contribution in [3.8, 4) is 5.82 Å². The molecule has 0 unspecified atom stereocenters. The van der Waals surface area contributed by atoms with E-state index in [1.807, 2.05) is 6.92 Å². The van der Waals surface area contributed by atoms with Gasteiger partial charge in [0.15, 0.2) is 15.9 Å². The Morgan fingerprint density at radius 2 is 2.23 bits per heavy atom. The highest BCUT2D eigenvalue weighted by Crippen LogP contribution is 2.25. The van der Waals surface area contributed by atoms with E-state index in [0.29, 0.717) is 10.9 Å². The molecule has 0 saturated heterocycles. The molecule has 0 saturated carbocycles. The summed E-state index contributed by atoms with van der Waals surface area (Å²) in [6.45, 7) is 2.03. The van der Waals surface area contributed by atoms with Gasteiger partial charge in [0.2, 0.25) is 5.13 Å². The van der Waals surface area contributed by atoms with E-state index >= 15 is 0 Å². The summed E-state index contributed by atoms with van der Waals surface area (Å²) in [5.41, 5.74) is 0.204. The van der Waals surface area contributed by atoms with Crippen LogP contribution in [0.1, 0.15) is 17.4 Å². The van der Waals surface area contributed by atoms with Crippen LogP contribution in [-0.2, 0) is 0 Å². The van der Waals surface area contributed by atoms with Gasteiger partial charge in [0, 0.05) is 12.4 Å². The molecule has 0 aliphatic carbocycles. The van der Waals surface area contributed by atoms with Crippen LogP contribution in [-0.4, -0.2) is 41.8 Å². The third-order valence-electron chi connectivity index (χ3n) is 2.52. The third-order valence-corrected chi connectivity index (χ3v) is 4.37. The molecule has 1 amide bonds. The van der Waals surface area contributed by atoms with Crippen molar-refractivity contribution in [1.29, 1.82) is 0 Å². The minimum absolute atomic E-state index is 0.204. The molecule has 0 aliphatic rings. The van der Waals surface area contributed by atoms with Gasteiger partial charge in [0.05, 0.1) is 0 Å². The van der Waals surface area contributed by atoms with Crippen LogP contribution in [0.15, 0.2) is 34.9 Å². The van der Waals surface area contributed by atoms with Crippen molar-refractivity contribution >= 4 is 34.1 Å². The van der Waals surface area contributed by atoms with E-state index in [9.17, 15) is 4.79 Å². The predicted octanol–water partition coefficient (Wildman–Crippen LogP) is 1.88. The number of hydrogen-bond acceptors (Lipinski definition) is 8.